The topological polar surface area (TPSA) is 190 Å². The Balaban J connectivity index is 0.000000269. The second-order valence-corrected chi connectivity index (χ2v) is 79.8. The molecular weight excluding hydrogens is 1650 g/mol. The Hall–Kier alpha value is -1.46. The predicted molar refractivity (Wildman–Crippen MR) is 486 cm³/mol. The van der Waals surface area contributed by atoms with E-state index < -0.39 is 92.0 Å². The van der Waals surface area contributed by atoms with Gasteiger partial charge in [-0.25, -0.2) is 0 Å². The molecule has 0 spiro atoms. The number of rotatable bonds is 38. The third-order valence-electron chi connectivity index (χ3n) is 28.7. The molecule has 18 atom stereocenters. The van der Waals surface area contributed by atoms with Gasteiger partial charge in [-0.05, 0) is 272 Å². The summed E-state index contributed by atoms with van der Waals surface area (Å²) < 4.78 is 119. The molecule has 12 aliphatic carbocycles. The molecule has 0 radical (unpaired) electrons. The summed E-state index contributed by atoms with van der Waals surface area (Å²) in [5.41, 5.74) is -0.782. The first-order valence-electron chi connectivity index (χ1n) is 47.4. The molecule has 18 unspecified atom stereocenters. The summed E-state index contributed by atoms with van der Waals surface area (Å²) in [4.78, 5) is 38.6. The van der Waals surface area contributed by atoms with Crippen molar-refractivity contribution in [3.8, 4) is 0 Å². The molecule has 6 saturated carbocycles. The summed E-state index contributed by atoms with van der Waals surface area (Å²) in [5, 5.41) is 0. The third-order valence-corrected chi connectivity index (χ3v) is 75.2. The molecule has 3 aliphatic heterocycles. The summed E-state index contributed by atoms with van der Waals surface area (Å²) in [7, 11) is -36.8. The Morgan fingerprint density at radius 2 is 0.517 bits per heavy atom. The van der Waals surface area contributed by atoms with Crippen LogP contribution in [0.15, 0.2) is 72.9 Å². The zero-order valence-electron chi connectivity index (χ0n) is 76.5. The minimum Gasteiger partial charge on any atom is -0.465 e. The molecule has 15 aliphatic rings. The van der Waals surface area contributed by atoms with Crippen molar-refractivity contribution >= 4 is 104 Å². The van der Waals surface area contributed by atoms with Gasteiger partial charge < -0.3 is 63.6 Å². The molecule has 118 heavy (non-hydrogen) atoms. The molecule has 28 heteroatoms. The number of fused-ring (bicyclic) bond motifs is 15. The lowest BCUT2D eigenvalue weighted by molar-refractivity contribution is -0.166. The molecule has 0 amide bonds. The van der Waals surface area contributed by atoms with Crippen LogP contribution in [0, 0.1) is 153 Å². The Labute approximate surface area is 723 Å². The quantitative estimate of drug-likeness (QED) is 0.0245. The van der Waals surface area contributed by atoms with Gasteiger partial charge in [0.25, 0.3) is 0 Å². The van der Waals surface area contributed by atoms with Crippen LogP contribution in [-0.4, -0.2) is 124 Å². The maximum Gasteiger partial charge on any atom is 0.479 e. The Morgan fingerprint density at radius 3 is 0.703 bits per heavy atom. The molecule has 18 nitrogen and oxygen atoms in total. The van der Waals surface area contributed by atoms with Crippen LogP contribution in [0.4, 0.5) is 0 Å². The van der Waals surface area contributed by atoms with Crippen LogP contribution in [0.25, 0.3) is 0 Å². The van der Waals surface area contributed by atoms with Gasteiger partial charge in [-0.1, -0.05) is 189 Å². The fraction of sp³-hybridized carbons (Fsp3) is 0.833. The third kappa shape index (κ3) is 22.6. The van der Waals surface area contributed by atoms with E-state index in [9.17, 15) is 14.4 Å². The first-order valence-corrected chi connectivity index (χ1v) is 70.3. The number of ether oxygens (including phenoxy) is 3. The lowest BCUT2D eigenvalue weighted by Gasteiger charge is -2.60. The van der Waals surface area contributed by atoms with Crippen molar-refractivity contribution in [1.29, 1.82) is 0 Å². The molecule has 0 aromatic rings. The van der Waals surface area contributed by atoms with Gasteiger partial charge in [0.15, 0.2) is 25.0 Å². The summed E-state index contributed by atoms with van der Waals surface area (Å²) >= 11 is 0. The van der Waals surface area contributed by atoms with Crippen LogP contribution in [0.1, 0.15) is 200 Å². The maximum absolute atomic E-state index is 12.9. The normalized spacial score (nSPS) is 40.6. The second-order valence-electron chi connectivity index (χ2n) is 45.5. The average molecular weight is 1810 g/mol. The average Bonchev–Trinajstić information content (AvgIpc) is 1.02. The van der Waals surface area contributed by atoms with Gasteiger partial charge in [0, 0.05) is 42.3 Å². The SMILES string of the molecule is CC(C)C[Si]1(O[Si](C)(C)CCC2CC3C=CC2C3)O[Si]2(CC(C)C)O[Si](CC(C)C)(O[Si](C)(C)CCC3CC4C=CC3C4)O[Si]3(CC(C)C)O[Si](CC(C)C)(O[Si](C)(C)CCC4CC5C=CC4C5)O[Si](CC(C)C)(O1)O[Si](CC(C)C)(O2)O3.CC(COC(=O)C1CC2C=CC1C2)(COC(=O)C1CC2C=CC1C2)COC(=O)C1CC2C=CC1C2. The van der Waals surface area contributed by atoms with Gasteiger partial charge >= 0.3 is 79.5 Å². The van der Waals surface area contributed by atoms with E-state index in [1.807, 2.05) is 6.92 Å². The molecule has 0 N–H and O–H groups in total. The van der Waals surface area contributed by atoms with E-state index in [0.29, 0.717) is 113 Å². The molecule has 3 saturated heterocycles. The summed E-state index contributed by atoms with van der Waals surface area (Å²) in [6, 6.07) is 6.71. The van der Waals surface area contributed by atoms with Gasteiger partial charge in [0.2, 0.25) is 0 Å². The van der Waals surface area contributed by atoms with E-state index in [1.54, 1.807) is 0 Å². The van der Waals surface area contributed by atoms with E-state index in [1.165, 1.54) is 38.5 Å². The lowest BCUT2D eigenvalue weighted by Crippen LogP contribution is -2.84. The number of hydrogen-bond acceptors (Lipinski definition) is 18. The number of allylic oxidation sites excluding steroid dienone is 12. The Kier molecular flexibility index (Phi) is 28.7. The highest BCUT2D eigenvalue weighted by Gasteiger charge is 2.79. The molecule has 0 aromatic heterocycles. The highest BCUT2D eigenvalue weighted by Crippen LogP contribution is 2.57. The van der Waals surface area contributed by atoms with Crippen LogP contribution in [-0.2, 0) is 78.0 Å². The van der Waals surface area contributed by atoms with Gasteiger partial charge in [-0.2, -0.15) is 0 Å². The first kappa shape index (κ1) is 92.7. The molecule has 16 bridgehead atoms. The zero-order valence-corrected chi connectivity index (χ0v) is 86.5. The van der Waals surface area contributed by atoms with E-state index in [0.717, 1.165) is 75.9 Å². The van der Waals surface area contributed by atoms with E-state index in [2.05, 4.69) is 209 Å². The zero-order chi connectivity index (χ0) is 84.6. The number of hydrogen-bond donors (Lipinski definition) is 0. The molecule has 15 rings (SSSR count). The highest BCUT2D eigenvalue weighted by atomic mass is 28.6. The van der Waals surface area contributed by atoms with Crippen LogP contribution in [0.3, 0.4) is 0 Å². The van der Waals surface area contributed by atoms with E-state index in [4.69, 9.17) is 63.6 Å². The summed E-state index contributed by atoms with van der Waals surface area (Å²) in [6.45, 7) is 48.6. The number of carbonyl (C=O) groups excluding carboxylic acids is 3. The number of carbonyl (C=O) groups is 3. The van der Waals surface area contributed by atoms with Gasteiger partial charge in [0.05, 0.1) is 23.2 Å². The lowest BCUT2D eigenvalue weighted by atomic mass is 9.91. The Morgan fingerprint density at radius 1 is 0.305 bits per heavy atom. The molecule has 3 heterocycles. The summed E-state index contributed by atoms with van der Waals surface area (Å²) in [6.07, 6.45) is 44.7. The van der Waals surface area contributed by atoms with Crippen LogP contribution < -0.4 is 0 Å². The largest absolute Gasteiger partial charge is 0.479 e. The monoisotopic (exact) mass is 1800 g/mol. The maximum atomic E-state index is 12.9. The summed E-state index contributed by atoms with van der Waals surface area (Å²) in [5.74, 6) is 8.35. The van der Waals surface area contributed by atoms with Crippen molar-refractivity contribution in [3.63, 3.8) is 0 Å². The van der Waals surface area contributed by atoms with E-state index in [-0.39, 0.29) is 115 Å². The molecule has 664 valence electrons. The van der Waals surface area contributed by atoms with Crippen molar-refractivity contribution in [2.45, 2.75) is 300 Å². The smallest absolute Gasteiger partial charge is 0.465 e. The number of esters is 3. The van der Waals surface area contributed by atoms with Crippen LogP contribution >= 0.6 is 0 Å². The Bertz CT molecular complexity index is 3310. The van der Waals surface area contributed by atoms with Crippen molar-refractivity contribution < 1.29 is 78.0 Å². The van der Waals surface area contributed by atoms with Crippen LogP contribution in [0.5, 0.6) is 0 Å². The highest BCUT2D eigenvalue weighted by molar-refractivity contribution is 7.01. The van der Waals surface area contributed by atoms with E-state index >= 15 is 0 Å². The minimum absolute atomic E-state index is 0.0667. The van der Waals surface area contributed by atoms with Crippen molar-refractivity contribution in [1.82, 2.24) is 0 Å². The standard InChI is InChI=1S/C61H120O12Si10.C29H36O6/c1-46(2)39-77(62-74(15,16)30-27-59-36-53-21-24-56(59)33-53)65-80(42-49(7)8)67-78(40-47(3)4,63-75(17,18)31-28-60-37-54-22-25-57(60)34-54)69-82(44-51(11)12)70-79(41-48(5)6,64-76(19,20)32-29-61-38-55-23-26-58(61)35-55)68-81(66-77,43-50(9)10)72-83(71-80,73-82)45-52(13)14;1-29(14-33-26(30)23-11-17-2-5-20(23)8-17,15-34-27(31)24-12-18-3-6-21(24)9-18)16-35-28(32)25-13-19-4-7-22(25)10-19/h21-26,46-61H,27-45H2,1-20H3;2-7,17-25H,8-16H2,1H3. The fourth-order valence-corrected chi connectivity index (χ4v) is 80.9. The predicted octanol–water partition coefficient (Wildman–Crippen LogP) is 22.1. The van der Waals surface area contributed by atoms with Crippen molar-refractivity contribution in [2.24, 2.45) is 153 Å². The fourth-order valence-electron chi connectivity index (χ4n) is 24.0. The second kappa shape index (κ2) is 36.6. The van der Waals surface area contributed by atoms with Crippen molar-refractivity contribution in [2.75, 3.05) is 19.8 Å². The van der Waals surface area contributed by atoms with Gasteiger partial charge in [0.1, 0.15) is 19.8 Å². The molecular formula is C90H156O18Si10. The van der Waals surface area contributed by atoms with Gasteiger partial charge in [-0.15, -0.1) is 0 Å². The minimum atomic E-state index is -4.17. The van der Waals surface area contributed by atoms with Gasteiger partial charge in [-0.3, -0.25) is 14.4 Å². The van der Waals surface area contributed by atoms with Crippen LogP contribution in [0.2, 0.25) is 99.7 Å². The molecule has 0 aromatic carbocycles. The molecule has 9 fully saturated rings. The van der Waals surface area contributed by atoms with Crippen molar-refractivity contribution in [3.05, 3.63) is 72.9 Å². The first-order chi connectivity index (χ1) is 55.4.